The molecule has 2 aromatic rings. The smallest absolute Gasteiger partial charge is 0.292 e. The summed E-state index contributed by atoms with van der Waals surface area (Å²) in [7, 11) is 0. The normalized spacial score (nSPS) is 18.9. The van der Waals surface area contributed by atoms with Crippen LogP contribution in [0.3, 0.4) is 0 Å². The second-order valence-corrected chi connectivity index (χ2v) is 7.37. The minimum absolute atomic E-state index is 0.0392. The van der Waals surface area contributed by atoms with Gasteiger partial charge in [-0.05, 0) is 55.0 Å². The summed E-state index contributed by atoms with van der Waals surface area (Å²) in [6, 6.07) is 0. The second kappa shape index (κ2) is 8.46. The van der Waals surface area contributed by atoms with Crippen LogP contribution in [0, 0.1) is 5.92 Å². The Labute approximate surface area is 162 Å². The molecule has 2 aromatic heterocycles. The molecular weight excluding hydrogens is 362 g/mol. The van der Waals surface area contributed by atoms with Gasteiger partial charge in [-0.3, -0.25) is 9.69 Å². The number of hydrogen-bond donors (Lipinski definition) is 2. The summed E-state index contributed by atoms with van der Waals surface area (Å²) in [6.45, 7) is 2.48. The summed E-state index contributed by atoms with van der Waals surface area (Å²) in [6.07, 6.45) is 10.0. The van der Waals surface area contributed by atoms with Crippen LogP contribution in [0.5, 0.6) is 0 Å². The number of carbonyl (C=O) groups excluding carboxylic acids is 1. The topological polar surface area (TPSA) is 140 Å². The van der Waals surface area contributed by atoms with Crippen LogP contribution in [0.2, 0.25) is 0 Å². The van der Waals surface area contributed by atoms with E-state index in [0.29, 0.717) is 18.2 Å². The van der Waals surface area contributed by atoms with E-state index >= 15 is 0 Å². The molecule has 11 nitrogen and oxygen atoms in total. The summed E-state index contributed by atoms with van der Waals surface area (Å²) in [4.78, 5) is 15.1. The van der Waals surface area contributed by atoms with Crippen molar-refractivity contribution in [2.75, 3.05) is 18.8 Å². The molecule has 0 spiro atoms. The average Bonchev–Trinajstić information content (AvgIpc) is 3.44. The molecule has 0 aromatic carbocycles. The highest BCUT2D eigenvalue weighted by molar-refractivity contribution is 5.94. The van der Waals surface area contributed by atoms with Gasteiger partial charge in [0.15, 0.2) is 5.69 Å². The highest BCUT2D eigenvalue weighted by Crippen LogP contribution is 2.22. The standard InChI is InChI=1S/C17H25N9O2/c18-15-16(23-28-22-15)26-14(13(20-24-26)11-25-8-4-5-9-25)17(27)21-19-10-12-6-2-1-3-7-12/h10,12H,1-9,11H2,(H2,18,22)(H,21,27). The van der Waals surface area contributed by atoms with Crippen molar-refractivity contribution in [2.45, 2.75) is 51.5 Å². The molecule has 28 heavy (non-hydrogen) atoms. The van der Waals surface area contributed by atoms with Crippen molar-refractivity contribution < 1.29 is 9.42 Å². The molecule has 0 atom stereocenters. The fourth-order valence-corrected chi connectivity index (χ4v) is 3.82. The van der Waals surface area contributed by atoms with Crippen LogP contribution < -0.4 is 11.2 Å². The predicted octanol–water partition coefficient (Wildman–Crippen LogP) is 1.12. The molecule has 11 heteroatoms. The molecule has 0 unspecified atom stereocenters. The van der Waals surface area contributed by atoms with Gasteiger partial charge in [0.2, 0.25) is 11.6 Å². The van der Waals surface area contributed by atoms with Gasteiger partial charge in [0.25, 0.3) is 5.91 Å². The van der Waals surface area contributed by atoms with E-state index in [4.69, 9.17) is 5.73 Å². The molecule has 2 fully saturated rings. The maximum Gasteiger partial charge on any atom is 0.292 e. The van der Waals surface area contributed by atoms with Crippen molar-refractivity contribution in [1.82, 2.24) is 35.6 Å². The Morgan fingerprint density at radius 2 is 2.00 bits per heavy atom. The summed E-state index contributed by atoms with van der Waals surface area (Å²) >= 11 is 0. The molecule has 1 amide bonds. The van der Waals surface area contributed by atoms with Crippen molar-refractivity contribution in [1.29, 1.82) is 0 Å². The number of nitrogens with zero attached hydrogens (tertiary/aromatic N) is 7. The van der Waals surface area contributed by atoms with Crippen molar-refractivity contribution in [3.8, 4) is 5.82 Å². The van der Waals surface area contributed by atoms with E-state index < -0.39 is 5.91 Å². The zero-order valence-corrected chi connectivity index (χ0v) is 15.8. The molecule has 150 valence electrons. The van der Waals surface area contributed by atoms with Crippen LogP contribution in [-0.4, -0.2) is 55.4 Å². The molecule has 0 radical (unpaired) electrons. The first kappa shape index (κ1) is 18.5. The van der Waals surface area contributed by atoms with Gasteiger partial charge in [-0.15, -0.1) is 5.10 Å². The first-order chi connectivity index (χ1) is 13.7. The molecule has 3 heterocycles. The lowest BCUT2D eigenvalue weighted by Crippen LogP contribution is -2.26. The van der Waals surface area contributed by atoms with E-state index in [9.17, 15) is 4.79 Å². The number of hydrazone groups is 1. The molecule has 1 aliphatic carbocycles. The fourth-order valence-electron chi connectivity index (χ4n) is 3.82. The quantitative estimate of drug-likeness (QED) is 0.555. The van der Waals surface area contributed by atoms with E-state index in [0.717, 1.165) is 38.8 Å². The van der Waals surface area contributed by atoms with Gasteiger partial charge >= 0.3 is 0 Å². The third kappa shape index (κ3) is 4.03. The Bertz CT molecular complexity index is 832. The first-order valence-corrected chi connectivity index (χ1v) is 9.81. The molecule has 4 rings (SSSR count). The van der Waals surface area contributed by atoms with Crippen LogP contribution in [0.1, 0.15) is 61.1 Å². The number of nitrogens with two attached hydrogens (primary N) is 1. The van der Waals surface area contributed by atoms with Crippen LogP contribution in [0.15, 0.2) is 9.73 Å². The zero-order chi connectivity index (χ0) is 19.3. The number of anilines is 1. The molecule has 3 N–H and O–H groups in total. The minimum atomic E-state index is -0.409. The Morgan fingerprint density at radius 1 is 1.21 bits per heavy atom. The van der Waals surface area contributed by atoms with Crippen LogP contribution >= 0.6 is 0 Å². The van der Waals surface area contributed by atoms with Gasteiger partial charge in [0.1, 0.15) is 5.69 Å². The molecule has 0 bridgehead atoms. The Morgan fingerprint density at radius 3 is 2.71 bits per heavy atom. The van der Waals surface area contributed by atoms with Crippen LogP contribution in [0.25, 0.3) is 5.82 Å². The maximum absolute atomic E-state index is 12.9. The van der Waals surface area contributed by atoms with Gasteiger partial charge in [0.05, 0.1) is 0 Å². The van der Waals surface area contributed by atoms with Crippen LogP contribution in [0.4, 0.5) is 5.82 Å². The van der Waals surface area contributed by atoms with Gasteiger partial charge in [-0.2, -0.15) is 9.78 Å². The number of rotatable bonds is 6. The highest BCUT2D eigenvalue weighted by Gasteiger charge is 2.27. The minimum Gasteiger partial charge on any atom is -0.378 e. The number of amides is 1. The number of nitrogen functional groups attached to an aromatic ring is 1. The van der Waals surface area contributed by atoms with Crippen molar-refractivity contribution in [3.05, 3.63) is 11.4 Å². The monoisotopic (exact) mass is 387 g/mol. The summed E-state index contributed by atoms with van der Waals surface area (Å²) in [5, 5.41) is 19.7. The lowest BCUT2D eigenvalue weighted by Gasteiger charge is -2.16. The highest BCUT2D eigenvalue weighted by atomic mass is 16.6. The number of hydrogen-bond acceptors (Lipinski definition) is 9. The Kier molecular flexibility index (Phi) is 5.60. The second-order valence-electron chi connectivity index (χ2n) is 7.37. The Balaban J connectivity index is 1.55. The fraction of sp³-hybridized carbons (Fsp3) is 0.647. The predicted molar refractivity (Wildman–Crippen MR) is 101 cm³/mol. The molecule has 1 aliphatic heterocycles. The zero-order valence-electron chi connectivity index (χ0n) is 15.8. The van der Waals surface area contributed by atoms with E-state index in [1.165, 1.54) is 23.9 Å². The van der Waals surface area contributed by atoms with E-state index in [1.807, 2.05) is 6.21 Å². The molecule has 2 aliphatic rings. The van der Waals surface area contributed by atoms with Crippen LogP contribution in [-0.2, 0) is 6.54 Å². The van der Waals surface area contributed by atoms with E-state index in [2.05, 4.69) is 40.7 Å². The lowest BCUT2D eigenvalue weighted by atomic mass is 9.90. The van der Waals surface area contributed by atoms with Gasteiger partial charge in [0, 0.05) is 12.8 Å². The SMILES string of the molecule is Nc1nonc1-n1nnc(CN2CCCC2)c1C(=O)NN=CC1CCCCC1. The van der Waals surface area contributed by atoms with Crippen molar-refractivity contribution >= 4 is 17.9 Å². The molecule has 1 saturated heterocycles. The number of likely N-dealkylation sites (tertiary alicyclic amines) is 1. The summed E-state index contributed by atoms with van der Waals surface area (Å²) in [5.74, 6) is 0.184. The first-order valence-electron chi connectivity index (χ1n) is 9.81. The van der Waals surface area contributed by atoms with Gasteiger partial charge in [-0.25, -0.2) is 10.1 Å². The molecule has 1 saturated carbocycles. The third-order valence-electron chi connectivity index (χ3n) is 5.32. The number of carbonyl (C=O) groups is 1. The number of nitrogens with one attached hydrogen (secondary N) is 1. The van der Waals surface area contributed by atoms with Gasteiger partial charge in [-0.1, -0.05) is 24.5 Å². The Hall–Kier alpha value is -2.82. The third-order valence-corrected chi connectivity index (χ3v) is 5.32. The summed E-state index contributed by atoms with van der Waals surface area (Å²) < 4.78 is 5.92. The lowest BCUT2D eigenvalue weighted by molar-refractivity contribution is 0.0945. The largest absolute Gasteiger partial charge is 0.378 e. The van der Waals surface area contributed by atoms with E-state index in [1.54, 1.807) is 0 Å². The number of aromatic nitrogens is 5. The van der Waals surface area contributed by atoms with Crippen molar-refractivity contribution in [3.63, 3.8) is 0 Å². The summed E-state index contributed by atoms with van der Waals surface area (Å²) in [5.41, 5.74) is 9.19. The molecular formula is C17H25N9O2. The van der Waals surface area contributed by atoms with Gasteiger partial charge < -0.3 is 5.73 Å². The van der Waals surface area contributed by atoms with E-state index in [-0.39, 0.29) is 17.3 Å². The average molecular weight is 387 g/mol. The maximum atomic E-state index is 12.9. The van der Waals surface area contributed by atoms with Crippen molar-refractivity contribution in [2.24, 2.45) is 11.0 Å².